The Morgan fingerprint density at radius 3 is 0.787 bits per heavy atom. The second-order valence-electron chi connectivity index (χ2n) is 22.3. The number of aryl methyl sites for hydroxylation is 6. The molecule has 0 nitrogen and oxygen atoms in total. The second kappa shape index (κ2) is 31.1. The quantitative estimate of drug-likeness (QED) is 0.107. The lowest BCUT2D eigenvalue weighted by molar-refractivity contribution is 0.384. The fourth-order valence-electron chi connectivity index (χ4n) is 11.5. The summed E-state index contributed by atoms with van der Waals surface area (Å²) in [6, 6.07) is 54.2. The molecule has 390 valence electrons. The average Bonchev–Trinajstić information content (AvgIpc) is 3.46. The SMILES string of the molecule is CCCc1ccc(C#C[C@H]2CC[C@H](c3ccc(C)cc3)CC2)cc1.CCCc1ccc(C#C[C@H]2CC[C@H](c3ccc(CC)cc3)CC2)cc1.CCCc1ccc(C#C[C@H]2CC[C@H](c3ccc(CCC)cc3)CC2)cc1. The molecular formula is C75H90. The van der Waals surface area contributed by atoms with Crippen molar-refractivity contribution in [2.24, 2.45) is 17.8 Å². The summed E-state index contributed by atoms with van der Waals surface area (Å²) < 4.78 is 0. The molecule has 3 aliphatic rings. The van der Waals surface area contributed by atoms with Crippen molar-refractivity contribution in [1.82, 2.24) is 0 Å². The van der Waals surface area contributed by atoms with Gasteiger partial charge in [0.25, 0.3) is 0 Å². The van der Waals surface area contributed by atoms with Gasteiger partial charge in [-0.3, -0.25) is 0 Å². The van der Waals surface area contributed by atoms with Gasteiger partial charge in [0.2, 0.25) is 0 Å². The van der Waals surface area contributed by atoms with Gasteiger partial charge in [-0.05, 0) is 215 Å². The minimum Gasteiger partial charge on any atom is -0.0945 e. The van der Waals surface area contributed by atoms with E-state index in [9.17, 15) is 0 Å². The van der Waals surface area contributed by atoms with Crippen LogP contribution in [-0.2, 0) is 32.1 Å². The molecule has 9 rings (SSSR count). The standard InChI is InChI=1S/C26H32.C25H30.C24H28/c1-3-5-21-7-9-23(10-8-21)11-12-24-15-19-26(20-16-24)25-17-13-22(6-4-2)14-18-25;1-3-5-21-6-8-22(9-7-21)10-11-23-14-18-25(19-15-23)24-16-12-20(4-2)13-17-24;1-3-4-20-7-9-21(10-8-20)11-12-22-13-17-24(18-14-22)23-15-5-19(2)6-16-23/h7-10,13-14,17-18,24,26H,3-6,15-16,19-20H2,1-2H3;6-9,12-13,16-17,23,25H,3-5,14-15,18-19H2,1-2H3;5-10,15-16,22,24H,3-4,13-14,17-18H2,1-2H3/t24-,26-;23-,25-;22-,24-. The molecule has 0 heteroatoms. The van der Waals surface area contributed by atoms with Crippen molar-refractivity contribution < 1.29 is 0 Å². The zero-order valence-corrected chi connectivity index (χ0v) is 47.2. The zero-order valence-electron chi connectivity index (χ0n) is 47.2. The van der Waals surface area contributed by atoms with Crippen LogP contribution in [0.15, 0.2) is 146 Å². The van der Waals surface area contributed by atoms with Crippen molar-refractivity contribution in [3.63, 3.8) is 0 Å². The summed E-state index contributed by atoms with van der Waals surface area (Å²) in [6.45, 7) is 13.3. The predicted molar refractivity (Wildman–Crippen MR) is 323 cm³/mol. The second-order valence-corrected chi connectivity index (χ2v) is 22.3. The third kappa shape index (κ3) is 19.0. The molecule has 75 heavy (non-hydrogen) atoms. The minimum atomic E-state index is 0.570. The van der Waals surface area contributed by atoms with E-state index in [1.807, 2.05) is 0 Å². The monoisotopic (exact) mass is 991 g/mol. The topological polar surface area (TPSA) is 0 Å². The molecule has 3 aliphatic carbocycles. The predicted octanol–water partition coefficient (Wildman–Crippen LogP) is 19.7. The highest BCUT2D eigenvalue weighted by molar-refractivity contribution is 5.39. The Labute approximate surface area is 457 Å². The smallest absolute Gasteiger partial charge is 0.0245 e. The fourth-order valence-corrected chi connectivity index (χ4v) is 11.5. The van der Waals surface area contributed by atoms with E-state index < -0.39 is 0 Å². The molecule has 0 atom stereocenters. The van der Waals surface area contributed by atoms with Gasteiger partial charge in [0.15, 0.2) is 0 Å². The highest BCUT2D eigenvalue weighted by atomic mass is 14.3. The molecule has 6 aromatic carbocycles. The van der Waals surface area contributed by atoms with Crippen LogP contribution in [0.2, 0.25) is 0 Å². The van der Waals surface area contributed by atoms with Gasteiger partial charge in [-0.25, -0.2) is 0 Å². The van der Waals surface area contributed by atoms with Gasteiger partial charge < -0.3 is 0 Å². The zero-order chi connectivity index (χ0) is 52.5. The van der Waals surface area contributed by atoms with Crippen molar-refractivity contribution in [1.29, 1.82) is 0 Å². The molecule has 0 heterocycles. The van der Waals surface area contributed by atoms with E-state index in [2.05, 4.69) is 223 Å². The Bertz CT molecular complexity index is 2730. The molecule has 3 fully saturated rings. The van der Waals surface area contributed by atoms with E-state index in [0.29, 0.717) is 17.8 Å². The molecule has 6 aromatic rings. The highest BCUT2D eigenvalue weighted by Crippen LogP contribution is 2.38. The third-order valence-corrected chi connectivity index (χ3v) is 16.3. The maximum atomic E-state index is 3.54. The van der Waals surface area contributed by atoms with E-state index in [-0.39, 0.29) is 0 Å². The summed E-state index contributed by atoms with van der Waals surface area (Å²) in [6.07, 6.45) is 25.7. The maximum Gasteiger partial charge on any atom is 0.0245 e. The van der Waals surface area contributed by atoms with E-state index in [1.54, 1.807) is 0 Å². The average molecular weight is 992 g/mol. The van der Waals surface area contributed by atoms with Crippen LogP contribution in [-0.4, -0.2) is 0 Å². The molecule has 0 spiro atoms. The normalized spacial score (nSPS) is 19.9. The summed E-state index contributed by atoms with van der Waals surface area (Å²) in [5, 5.41) is 0. The van der Waals surface area contributed by atoms with Gasteiger partial charge in [0.1, 0.15) is 0 Å². The van der Waals surface area contributed by atoms with Gasteiger partial charge in [-0.2, -0.15) is 0 Å². The van der Waals surface area contributed by atoms with Crippen molar-refractivity contribution in [2.75, 3.05) is 0 Å². The Balaban J connectivity index is 0.000000164. The van der Waals surface area contributed by atoms with Crippen molar-refractivity contribution in [3.8, 4) is 35.5 Å². The van der Waals surface area contributed by atoms with Crippen LogP contribution in [0.4, 0.5) is 0 Å². The van der Waals surface area contributed by atoms with Crippen molar-refractivity contribution in [3.05, 3.63) is 212 Å². The summed E-state index contributed by atoms with van der Waals surface area (Å²) in [5.74, 6) is 24.7. The largest absolute Gasteiger partial charge is 0.0945 e. The lowest BCUT2D eigenvalue weighted by Gasteiger charge is -2.26. The Morgan fingerprint density at radius 2 is 0.533 bits per heavy atom. The molecule has 3 saturated carbocycles. The summed E-state index contributed by atoms with van der Waals surface area (Å²) >= 11 is 0. The number of hydrogen-bond donors (Lipinski definition) is 0. The van der Waals surface area contributed by atoms with Crippen LogP contribution in [0.25, 0.3) is 0 Å². The van der Waals surface area contributed by atoms with Crippen LogP contribution in [0.1, 0.15) is 222 Å². The number of benzene rings is 6. The molecular weight excluding hydrogens is 901 g/mol. The molecule has 0 amide bonds. The first-order valence-corrected chi connectivity index (χ1v) is 29.9. The summed E-state index contributed by atoms with van der Waals surface area (Å²) in [7, 11) is 0. The summed E-state index contributed by atoms with van der Waals surface area (Å²) in [5.41, 5.74) is 16.6. The first-order chi connectivity index (χ1) is 36.8. The first kappa shape index (κ1) is 56.7. The van der Waals surface area contributed by atoms with E-state index in [0.717, 1.165) is 54.6 Å². The van der Waals surface area contributed by atoms with Crippen LogP contribution in [0, 0.1) is 60.2 Å². The molecule has 0 N–H and O–H groups in total. The Kier molecular flexibility index (Phi) is 23.6. The van der Waals surface area contributed by atoms with Crippen molar-refractivity contribution >= 4 is 0 Å². The fraction of sp³-hybridized carbons (Fsp3) is 0.440. The minimum absolute atomic E-state index is 0.570. The van der Waals surface area contributed by atoms with Gasteiger partial charge in [0.05, 0.1) is 0 Å². The van der Waals surface area contributed by atoms with E-state index in [4.69, 9.17) is 0 Å². The van der Waals surface area contributed by atoms with Crippen LogP contribution in [0.5, 0.6) is 0 Å². The molecule has 0 aromatic heterocycles. The molecule has 0 aliphatic heterocycles. The Morgan fingerprint density at radius 1 is 0.293 bits per heavy atom. The van der Waals surface area contributed by atoms with Gasteiger partial charge in [-0.1, -0.05) is 211 Å². The van der Waals surface area contributed by atoms with E-state index in [1.165, 1.54) is 165 Å². The lowest BCUT2D eigenvalue weighted by atomic mass is 9.78. The molecule has 0 saturated heterocycles. The maximum absolute atomic E-state index is 3.54. The number of hydrogen-bond acceptors (Lipinski definition) is 0. The third-order valence-electron chi connectivity index (χ3n) is 16.3. The molecule has 0 bridgehead atoms. The van der Waals surface area contributed by atoms with Crippen LogP contribution in [0.3, 0.4) is 0 Å². The number of rotatable bonds is 12. The lowest BCUT2D eigenvalue weighted by Crippen LogP contribution is -2.12. The highest BCUT2D eigenvalue weighted by Gasteiger charge is 2.23. The van der Waals surface area contributed by atoms with Crippen LogP contribution < -0.4 is 0 Å². The molecule has 0 radical (unpaired) electrons. The molecule has 0 unspecified atom stereocenters. The van der Waals surface area contributed by atoms with Gasteiger partial charge >= 0.3 is 0 Å². The van der Waals surface area contributed by atoms with Gasteiger partial charge in [-0.15, -0.1) is 0 Å². The van der Waals surface area contributed by atoms with E-state index >= 15 is 0 Å². The first-order valence-electron chi connectivity index (χ1n) is 29.9. The van der Waals surface area contributed by atoms with Crippen LogP contribution >= 0.6 is 0 Å². The van der Waals surface area contributed by atoms with Crippen molar-refractivity contribution in [2.45, 2.75) is 194 Å². The summed E-state index contributed by atoms with van der Waals surface area (Å²) in [4.78, 5) is 0. The Hall–Kier alpha value is -6.00. The van der Waals surface area contributed by atoms with Gasteiger partial charge in [0, 0.05) is 34.4 Å².